The van der Waals surface area contributed by atoms with E-state index in [1.807, 2.05) is 6.07 Å². The maximum atomic E-state index is 14.0. The Kier molecular flexibility index (Phi) is 6.69. The van der Waals surface area contributed by atoms with Gasteiger partial charge in [0.05, 0.1) is 6.42 Å². The number of halogens is 1. The molecule has 4 rings (SSSR count). The number of benzene rings is 2. The number of anilines is 1. The topological polar surface area (TPSA) is 115 Å². The second-order valence-electron chi connectivity index (χ2n) is 7.47. The maximum absolute atomic E-state index is 14.0. The molecule has 0 radical (unpaired) electrons. The van der Waals surface area contributed by atoms with Gasteiger partial charge in [-0.1, -0.05) is 41.6 Å². The zero-order valence-corrected chi connectivity index (χ0v) is 19.1. The van der Waals surface area contributed by atoms with E-state index in [1.165, 1.54) is 17.4 Å². The van der Waals surface area contributed by atoms with Crippen LogP contribution in [0.4, 0.5) is 14.9 Å². The molecule has 2 heterocycles. The van der Waals surface area contributed by atoms with Crippen LogP contribution in [0.15, 0.2) is 58.4 Å². The summed E-state index contributed by atoms with van der Waals surface area (Å²) in [5.74, 6) is -1.03. The van der Waals surface area contributed by atoms with Crippen molar-refractivity contribution in [3.63, 3.8) is 0 Å². The Morgan fingerprint density at radius 2 is 2.03 bits per heavy atom. The highest BCUT2D eigenvalue weighted by Gasteiger charge is 2.22. The zero-order valence-electron chi connectivity index (χ0n) is 18.2. The molecule has 2 aromatic heterocycles. The summed E-state index contributed by atoms with van der Waals surface area (Å²) in [5.41, 5.74) is 2.77. The summed E-state index contributed by atoms with van der Waals surface area (Å²) in [5, 5.41) is 18.1. The number of carboxylic acids is 1. The normalized spacial score (nSPS) is 11.7. The Balaban J connectivity index is 1.52. The molecule has 8 nitrogen and oxygen atoms in total. The van der Waals surface area contributed by atoms with Gasteiger partial charge < -0.3 is 14.4 Å². The van der Waals surface area contributed by atoms with Gasteiger partial charge in [0, 0.05) is 16.5 Å². The molecule has 0 aliphatic carbocycles. The number of carboxylic acid groups (broad SMARTS) is 1. The molecular formula is C24H20FN3O5S. The minimum Gasteiger partial charge on any atom is -0.481 e. The number of nitrogens with zero attached hydrogens (tertiary/aromatic N) is 2. The molecule has 2 aromatic carbocycles. The fraction of sp³-hybridized carbons (Fsp3) is 0.167. The Morgan fingerprint density at radius 3 is 2.79 bits per heavy atom. The lowest BCUT2D eigenvalue weighted by Crippen LogP contribution is -2.17. The molecule has 4 aromatic rings. The molecule has 0 aliphatic heterocycles. The van der Waals surface area contributed by atoms with E-state index in [4.69, 9.17) is 14.4 Å². The first-order valence-corrected chi connectivity index (χ1v) is 11.1. The van der Waals surface area contributed by atoms with Crippen molar-refractivity contribution in [1.29, 1.82) is 0 Å². The van der Waals surface area contributed by atoms with Gasteiger partial charge in [-0.15, -0.1) is 11.3 Å². The van der Waals surface area contributed by atoms with E-state index in [2.05, 4.69) is 15.5 Å². The maximum Gasteiger partial charge on any atom is 0.412 e. The number of nitrogens with one attached hydrogen (secondary N) is 1. The van der Waals surface area contributed by atoms with Crippen molar-refractivity contribution in [2.45, 2.75) is 26.4 Å². The van der Waals surface area contributed by atoms with Crippen LogP contribution in [-0.2, 0) is 16.0 Å². The number of aryl methyl sites for hydroxylation is 1. The molecule has 174 valence electrons. The monoisotopic (exact) mass is 481 g/mol. The summed E-state index contributed by atoms with van der Waals surface area (Å²) in [4.78, 5) is 28.1. The van der Waals surface area contributed by atoms with Gasteiger partial charge in [-0.3, -0.25) is 10.1 Å². The number of aromatic nitrogens is 2. The Hall–Kier alpha value is -4.05. The first-order valence-electron chi connectivity index (χ1n) is 10.3. The van der Waals surface area contributed by atoms with Crippen molar-refractivity contribution in [2.24, 2.45) is 0 Å². The summed E-state index contributed by atoms with van der Waals surface area (Å²) in [6.07, 6.45) is -1.69. The van der Waals surface area contributed by atoms with E-state index < -0.39 is 24.0 Å². The summed E-state index contributed by atoms with van der Waals surface area (Å²) >= 11 is 1.35. The van der Waals surface area contributed by atoms with Crippen molar-refractivity contribution >= 4 is 29.1 Å². The van der Waals surface area contributed by atoms with Crippen LogP contribution >= 0.6 is 11.3 Å². The molecular weight excluding hydrogens is 461 g/mol. The van der Waals surface area contributed by atoms with Crippen LogP contribution < -0.4 is 5.32 Å². The zero-order chi connectivity index (χ0) is 24.2. The van der Waals surface area contributed by atoms with Crippen molar-refractivity contribution < 1.29 is 28.3 Å². The SMILES string of the molecule is Cc1onc(-c2csc(-c3cccc(CC(=O)O)c3)n2)c1NC(=O)OC(C)c1ccccc1F. The lowest BCUT2D eigenvalue weighted by Gasteiger charge is -2.14. The van der Waals surface area contributed by atoms with Crippen LogP contribution in [0.3, 0.4) is 0 Å². The van der Waals surface area contributed by atoms with Crippen molar-refractivity contribution in [3.8, 4) is 22.0 Å². The first-order chi connectivity index (χ1) is 16.3. The predicted octanol–water partition coefficient (Wildman–Crippen LogP) is 5.85. The van der Waals surface area contributed by atoms with E-state index in [1.54, 1.807) is 55.6 Å². The Bertz CT molecular complexity index is 1350. The lowest BCUT2D eigenvalue weighted by atomic mass is 10.1. The van der Waals surface area contributed by atoms with Gasteiger partial charge in [0.2, 0.25) is 0 Å². The Morgan fingerprint density at radius 1 is 1.24 bits per heavy atom. The van der Waals surface area contributed by atoms with Crippen LogP contribution in [0.5, 0.6) is 0 Å². The number of aliphatic carboxylic acids is 1. The second-order valence-corrected chi connectivity index (χ2v) is 8.32. The molecule has 0 fully saturated rings. The van der Waals surface area contributed by atoms with Gasteiger partial charge in [0.25, 0.3) is 0 Å². The third-order valence-electron chi connectivity index (χ3n) is 4.99. The van der Waals surface area contributed by atoms with E-state index in [9.17, 15) is 14.0 Å². The molecule has 0 saturated heterocycles. The van der Waals surface area contributed by atoms with Crippen molar-refractivity contribution in [2.75, 3.05) is 5.32 Å². The number of hydrogen-bond acceptors (Lipinski definition) is 7. The fourth-order valence-electron chi connectivity index (χ4n) is 3.36. The summed E-state index contributed by atoms with van der Waals surface area (Å²) in [6, 6.07) is 13.2. The molecule has 34 heavy (non-hydrogen) atoms. The van der Waals surface area contributed by atoms with Gasteiger partial charge in [-0.25, -0.2) is 14.2 Å². The smallest absolute Gasteiger partial charge is 0.412 e. The molecule has 0 bridgehead atoms. The van der Waals surface area contributed by atoms with Gasteiger partial charge in [-0.2, -0.15) is 0 Å². The molecule has 0 saturated carbocycles. The third-order valence-corrected chi connectivity index (χ3v) is 5.88. The largest absolute Gasteiger partial charge is 0.481 e. The van der Waals surface area contributed by atoms with E-state index >= 15 is 0 Å². The summed E-state index contributed by atoms with van der Waals surface area (Å²) < 4.78 is 24.6. The average Bonchev–Trinajstić information content (AvgIpc) is 3.41. The van der Waals surface area contributed by atoms with Crippen molar-refractivity contribution in [1.82, 2.24) is 10.1 Å². The first kappa shape index (κ1) is 23.1. The highest BCUT2D eigenvalue weighted by Crippen LogP contribution is 2.34. The number of amides is 1. The fourth-order valence-corrected chi connectivity index (χ4v) is 4.16. The van der Waals surface area contributed by atoms with Crippen LogP contribution in [0.1, 0.15) is 29.9 Å². The highest BCUT2D eigenvalue weighted by atomic mass is 32.1. The third kappa shape index (κ3) is 5.12. The summed E-state index contributed by atoms with van der Waals surface area (Å²) in [7, 11) is 0. The number of thiazole rings is 1. The second kappa shape index (κ2) is 9.84. The minimum atomic E-state index is -0.915. The molecule has 1 unspecified atom stereocenters. The van der Waals surface area contributed by atoms with Crippen LogP contribution in [0, 0.1) is 12.7 Å². The number of hydrogen-bond donors (Lipinski definition) is 2. The number of carbonyl (C=O) groups excluding carboxylic acids is 1. The number of ether oxygens (including phenoxy) is 1. The average molecular weight is 482 g/mol. The lowest BCUT2D eigenvalue weighted by molar-refractivity contribution is -0.136. The molecule has 1 amide bonds. The number of carbonyl (C=O) groups is 2. The number of rotatable bonds is 7. The standard InChI is InChI=1S/C24H20FN3O5S/c1-13(17-8-3-4-9-18(17)25)32-24(31)27-21-14(2)33-28-22(21)19-12-34-23(26-19)16-7-5-6-15(10-16)11-20(29)30/h3-10,12-13H,11H2,1-2H3,(H,27,31)(H,29,30). The van der Waals surface area contributed by atoms with Gasteiger partial charge >= 0.3 is 12.1 Å². The van der Waals surface area contributed by atoms with Crippen LogP contribution in [0.25, 0.3) is 22.0 Å². The quantitative estimate of drug-likeness (QED) is 0.340. The minimum absolute atomic E-state index is 0.0873. The van der Waals surface area contributed by atoms with E-state index in [0.29, 0.717) is 33.4 Å². The molecule has 10 heteroatoms. The predicted molar refractivity (Wildman–Crippen MR) is 124 cm³/mol. The summed E-state index contributed by atoms with van der Waals surface area (Å²) in [6.45, 7) is 3.21. The molecule has 0 aliphatic rings. The van der Waals surface area contributed by atoms with Crippen molar-refractivity contribution in [3.05, 3.63) is 76.6 Å². The molecule has 0 spiro atoms. The molecule has 1 atom stereocenters. The van der Waals surface area contributed by atoms with Gasteiger partial charge in [-0.05, 0) is 31.5 Å². The highest BCUT2D eigenvalue weighted by molar-refractivity contribution is 7.13. The van der Waals surface area contributed by atoms with Crippen LogP contribution in [0.2, 0.25) is 0 Å². The Labute approximate surface area is 198 Å². The van der Waals surface area contributed by atoms with Gasteiger partial charge in [0.15, 0.2) is 11.5 Å². The van der Waals surface area contributed by atoms with Crippen LogP contribution in [-0.4, -0.2) is 27.3 Å². The van der Waals surface area contributed by atoms with Gasteiger partial charge in [0.1, 0.15) is 28.3 Å². The molecule has 2 N–H and O–H groups in total. The van der Waals surface area contributed by atoms with E-state index in [0.717, 1.165) is 5.56 Å². The van der Waals surface area contributed by atoms with E-state index in [-0.39, 0.29) is 12.0 Å².